The molecule has 3 rings (SSSR count). The molecule has 0 bridgehead atoms. The first kappa shape index (κ1) is 16.4. The van der Waals surface area contributed by atoms with Crippen molar-refractivity contribution < 1.29 is 12.8 Å². The molecular formula is C17H16FN3O2S. The Morgan fingerprint density at radius 1 is 1.12 bits per heavy atom. The van der Waals surface area contributed by atoms with Gasteiger partial charge in [0.15, 0.2) is 0 Å². The van der Waals surface area contributed by atoms with Crippen LogP contribution in [0.2, 0.25) is 0 Å². The molecule has 24 heavy (non-hydrogen) atoms. The number of aromatic nitrogens is 2. The van der Waals surface area contributed by atoms with Gasteiger partial charge in [-0.15, -0.1) is 0 Å². The van der Waals surface area contributed by atoms with Gasteiger partial charge in [-0.3, -0.25) is 0 Å². The summed E-state index contributed by atoms with van der Waals surface area (Å²) in [4.78, 5) is 4.22. The first-order chi connectivity index (χ1) is 11.5. The number of sulfonamides is 1. The predicted molar refractivity (Wildman–Crippen MR) is 88.7 cm³/mol. The van der Waals surface area contributed by atoms with E-state index in [-0.39, 0.29) is 11.4 Å². The predicted octanol–water partition coefficient (Wildman–Crippen LogP) is 2.80. The van der Waals surface area contributed by atoms with E-state index in [1.54, 1.807) is 6.20 Å². The number of imidazole rings is 1. The summed E-state index contributed by atoms with van der Waals surface area (Å²) in [7, 11) is -3.71. The van der Waals surface area contributed by atoms with Crippen molar-refractivity contribution in [1.82, 2.24) is 14.3 Å². The topological polar surface area (TPSA) is 64.0 Å². The third-order valence-corrected chi connectivity index (χ3v) is 5.07. The molecule has 0 saturated heterocycles. The molecule has 7 heteroatoms. The van der Waals surface area contributed by atoms with Crippen LogP contribution in [0.5, 0.6) is 0 Å². The van der Waals surface area contributed by atoms with E-state index in [9.17, 15) is 12.8 Å². The van der Waals surface area contributed by atoms with Crippen LogP contribution in [0.15, 0.2) is 65.8 Å². The molecule has 0 aliphatic carbocycles. The minimum absolute atomic E-state index is 0.0280. The summed E-state index contributed by atoms with van der Waals surface area (Å²) in [6.07, 6.45) is 3.51. The molecule has 124 valence electrons. The van der Waals surface area contributed by atoms with Crippen LogP contribution in [0, 0.1) is 12.7 Å². The summed E-state index contributed by atoms with van der Waals surface area (Å²) >= 11 is 0. The second-order valence-electron chi connectivity index (χ2n) is 5.25. The number of nitrogens with zero attached hydrogens (tertiary/aromatic N) is 2. The maximum Gasteiger partial charge on any atom is 0.240 e. The minimum atomic E-state index is -3.71. The maximum absolute atomic E-state index is 12.9. The molecule has 0 saturated carbocycles. The van der Waals surface area contributed by atoms with Crippen LogP contribution < -0.4 is 4.72 Å². The number of aryl methyl sites for hydroxylation is 1. The molecule has 0 aliphatic rings. The fourth-order valence-electron chi connectivity index (χ4n) is 2.40. The zero-order chi connectivity index (χ0) is 17.2. The summed E-state index contributed by atoms with van der Waals surface area (Å²) in [6.45, 7) is 1.99. The molecule has 1 aromatic heterocycles. The summed E-state index contributed by atoms with van der Waals surface area (Å²) < 4.78 is 42.0. The summed E-state index contributed by atoms with van der Waals surface area (Å²) in [5.74, 6) is 0.332. The molecule has 2 aromatic carbocycles. The molecule has 0 aliphatic heterocycles. The molecule has 0 atom stereocenters. The lowest BCUT2D eigenvalue weighted by molar-refractivity contribution is 0.580. The second-order valence-corrected chi connectivity index (χ2v) is 7.02. The average Bonchev–Trinajstić information content (AvgIpc) is 3.00. The lowest BCUT2D eigenvalue weighted by Crippen LogP contribution is -2.24. The van der Waals surface area contributed by atoms with E-state index in [1.807, 2.05) is 42.0 Å². The Labute approximate surface area is 139 Å². The second kappa shape index (κ2) is 6.54. The molecule has 0 spiro atoms. The van der Waals surface area contributed by atoms with Crippen LogP contribution in [0.25, 0.3) is 5.69 Å². The van der Waals surface area contributed by atoms with E-state index in [4.69, 9.17) is 0 Å². The first-order valence-corrected chi connectivity index (χ1v) is 8.79. The highest BCUT2D eigenvalue weighted by molar-refractivity contribution is 7.89. The Kier molecular flexibility index (Phi) is 4.46. The summed E-state index contributed by atoms with van der Waals surface area (Å²) in [5.41, 5.74) is 1.67. The van der Waals surface area contributed by atoms with Gasteiger partial charge in [-0.2, -0.15) is 0 Å². The largest absolute Gasteiger partial charge is 0.304 e. The Morgan fingerprint density at radius 2 is 1.83 bits per heavy atom. The number of rotatable bonds is 5. The van der Waals surface area contributed by atoms with Crippen LogP contribution in [-0.2, 0) is 16.6 Å². The molecule has 3 aromatic rings. The average molecular weight is 345 g/mol. The number of benzene rings is 2. The van der Waals surface area contributed by atoms with E-state index in [0.29, 0.717) is 0 Å². The zero-order valence-electron chi connectivity index (χ0n) is 13.0. The number of hydrogen-bond acceptors (Lipinski definition) is 3. The van der Waals surface area contributed by atoms with E-state index < -0.39 is 15.8 Å². The number of halogens is 1. The summed E-state index contributed by atoms with van der Waals surface area (Å²) in [5, 5.41) is 0. The van der Waals surface area contributed by atoms with Gasteiger partial charge in [-0.05, 0) is 42.8 Å². The number of hydrogen-bond donors (Lipinski definition) is 1. The van der Waals surface area contributed by atoms with Crippen molar-refractivity contribution >= 4 is 10.0 Å². The molecule has 1 heterocycles. The molecule has 5 nitrogen and oxygen atoms in total. The van der Waals surface area contributed by atoms with E-state index >= 15 is 0 Å². The normalized spacial score (nSPS) is 11.6. The lowest BCUT2D eigenvalue weighted by Gasteiger charge is -2.13. The van der Waals surface area contributed by atoms with Gasteiger partial charge in [-0.25, -0.2) is 22.5 Å². The van der Waals surface area contributed by atoms with Crippen molar-refractivity contribution in [3.63, 3.8) is 0 Å². The first-order valence-electron chi connectivity index (χ1n) is 7.31. The smallest absolute Gasteiger partial charge is 0.240 e. The lowest BCUT2D eigenvalue weighted by atomic mass is 10.2. The van der Waals surface area contributed by atoms with Gasteiger partial charge in [0.2, 0.25) is 10.0 Å². The molecule has 0 radical (unpaired) electrons. The van der Waals surface area contributed by atoms with E-state index in [1.165, 1.54) is 12.1 Å². The van der Waals surface area contributed by atoms with Gasteiger partial charge in [0, 0.05) is 18.9 Å². The van der Waals surface area contributed by atoms with Crippen molar-refractivity contribution in [1.29, 1.82) is 0 Å². The highest BCUT2D eigenvalue weighted by Crippen LogP contribution is 2.17. The van der Waals surface area contributed by atoms with Gasteiger partial charge >= 0.3 is 0 Å². The van der Waals surface area contributed by atoms with Gasteiger partial charge in [0.1, 0.15) is 11.6 Å². The minimum Gasteiger partial charge on any atom is -0.304 e. The van der Waals surface area contributed by atoms with Gasteiger partial charge < -0.3 is 4.57 Å². The van der Waals surface area contributed by atoms with Crippen LogP contribution in [0.3, 0.4) is 0 Å². The zero-order valence-corrected chi connectivity index (χ0v) is 13.8. The third-order valence-electron chi connectivity index (χ3n) is 3.65. The number of nitrogens with one attached hydrogen (secondary N) is 1. The maximum atomic E-state index is 12.9. The summed E-state index contributed by atoms with van der Waals surface area (Å²) in [6, 6.07) is 12.2. The molecule has 0 amide bonds. The molecule has 1 N–H and O–H groups in total. The van der Waals surface area contributed by atoms with Crippen LogP contribution >= 0.6 is 0 Å². The van der Waals surface area contributed by atoms with Crippen molar-refractivity contribution in [2.24, 2.45) is 0 Å². The fourth-order valence-corrected chi connectivity index (χ4v) is 3.40. The standard InChI is InChI=1S/C17H16FN3O2S/c1-13-19-10-11-21(13)17-5-3-2-4-14(17)12-20-24(22,23)16-8-6-15(18)7-9-16/h2-11,20H,12H2,1H3. The Morgan fingerprint density at radius 3 is 2.50 bits per heavy atom. The monoisotopic (exact) mass is 345 g/mol. The Bertz CT molecular complexity index is 950. The Balaban J connectivity index is 1.85. The highest BCUT2D eigenvalue weighted by atomic mass is 32.2. The van der Waals surface area contributed by atoms with Gasteiger partial charge in [-0.1, -0.05) is 18.2 Å². The molecular weight excluding hydrogens is 329 g/mol. The van der Waals surface area contributed by atoms with Crippen molar-refractivity contribution in [3.05, 3.63) is 78.1 Å². The number of para-hydroxylation sites is 1. The van der Waals surface area contributed by atoms with Gasteiger partial charge in [0.05, 0.1) is 10.6 Å². The fraction of sp³-hybridized carbons (Fsp3) is 0.118. The van der Waals surface area contributed by atoms with Gasteiger partial charge in [0.25, 0.3) is 0 Å². The Hall–Kier alpha value is -2.51. The third kappa shape index (κ3) is 3.37. The van der Waals surface area contributed by atoms with E-state index in [0.717, 1.165) is 29.2 Å². The van der Waals surface area contributed by atoms with E-state index in [2.05, 4.69) is 9.71 Å². The van der Waals surface area contributed by atoms with Crippen LogP contribution in [-0.4, -0.2) is 18.0 Å². The highest BCUT2D eigenvalue weighted by Gasteiger charge is 2.15. The SMILES string of the molecule is Cc1nccn1-c1ccccc1CNS(=O)(=O)c1ccc(F)cc1. The molecule has 0 unspecified atom stereocenters. The van der Waals surface area contributed by atoms with Crippen molar-refractivity contribution in [2.75, 3.05) is 0 Å². The quantitative estimate of drug-likeness (QED) is 0.773. The molecule has 0 fully saturated rings. The van der Waals surface area contributed by atoms with Crippen molar-refractivity contribution in [2.45, 2.75) is 18.4 Å². The van der Waals surface area contributed by atoms with Crippen LogP contribution in [0.4, 0.5) is 4.39 Å². The van der Waals surface area contributed by atoms with Crippen molar-refractivity contribution in [3.8, 4) is 5.69 Å². The van der Waals surface area contributed by atoms with Crippen LogP contribution in [0.1, 0.15) is 11.4 Å².